The van der Waals surface area contributed by atoms with E-state index in [1.54, 1.807) is 7.11 Å². The van der Waals surface area contributed by atoms with Crippen molar-refractivity contribution in [3.63, 3.8) is 0 Å². The molecule has 2 saturated heterocycles. The molecule has 3 aliphatic carbocycles. The van der Waals surface area contributed by atoms with Crippen molar-refractivity contribution >= 4 is 0 Å². The van der Waals surface area contributed by atoms with Gasteiger partial charge in [-0.25, -0.2) is 0 Å². The van der Waals surface area contributed by atoms with Crippen LogP contribution < -0.4 is 9.47 Å². The van der Waals surface area contributed by atoms with Crippen LogP contribution in [0, 0.1) is 11.8 Å². The molecule has 1 aromatic rings. The van der Waals surface area contributed by atoms with Gasteiger partial charge in [0.25, 0.3) is 0 Å². The molecule has 2 spiro atoms. The first-order valence-electron chi connectivity index (χ1n) is 11.6. The quantitative estimate of drug-likeness (QED) is 0.783. The Morgan fingerprint density at radius 3 is 2.76 bits per heavy atom. The largest absolute Gasteiger partial charge is 0.493 e. The van der Waals surface area contributed by atoms with Crippen LogP contribution >= 0.6 is 0 Å². The fraction of sp³-hybridized carbons (Fsp3) is 0.750. The Morgan fingerprint density at radius 2 is 2.00 bits per heavy atom. The molecule has 29 heavy (non-hydrogen) atoms. The van der Waals surface area contributed by atoms with E-state index in [1.807, 2.05) is 0 Å². The van der Waals surface area contributed by atoms with Gasteiger partial charge in [-0.2, -0.15) is 0 Å². The molecule has 5 heteroatoms. The van der Waals surface area contributed by atoms with Gasteiger partial charge in [0.05, 0.1) is 20.3 Å². The smallest absolute Gasteiger partial charge is 0.206 e. The van der Waals surface area contributed by atoms with Gasteiger partial charge in [-0.15, -0.1) is 0 Å². The van der Waals surface area contributed by atoms with Crippen LogP contribution in [-0.4, -0.2) is 56.2 Å². The van der Waals surface area contributed by atoms with Gasteiger partial charge in [0.1, 0.15) is 0 Å². The molecule has 4 atom stereocenters. The molecule has 0 N–H and O–H groups in total. The summed E-state index contributed by atoms with van der Waals surface area (Å²) in [4.78, 5) is 2.84. The molecular weight excluding hydrogens is 366 g/mol. The Bertz CT molecular complexity index is 846. The summed E-state index contributed by atoms with van der Waals surface area (Å²) in [6, 6.07) is 5.04. The van der Waals surface area contributed by atoms with Gasteiger partial charge < -0.3 is 18.9 Å². The van der Waals surface area contributed by atoms with Crippen LogP contribution in [0.4, 0.5) is 0 Å². The van der Waals surface area contributed by atoms with Gasteiger partial charge in [-0.3, -0.25) is 4.90 Å². The van der Waals surface area contributed by atoms with Crippen molar-refractivity contribution in [1.29, 1.82) is 0 Å². The summed E-state index contributed by atoms with van der Waals surface area (Å²) in [5, 5.41) is 0. The highest BCUT2D eigenvalue weighted by Crippen LogP contribution is 2.66. The molecule has 1 unspecified atom stereocenters. The SMILES string of the molecule is COc1ccc2c3c1O[C@@H]1C4(CC[C@@H]5C(C2)N(CC2CCC2)CC[C@]351)OCCO4. The lowest BCUT2D eigenvalue weighted by Crippen LogP contribution is -2.70. The zero-order valence-corrected chi connectivity index (χ0v) is 17.3. The number of ether oxygens (including phenoxy) is 4. The molecule has 0 aromatic heterocycles. The number of rotatable bonds is 3. The molecule has 7 rings (SSSR count). The average Bonchev–Trinajstić information content (AvgIpc) is 3.30. The van der Waals surface area contributed by atoms with Gasteiger partial charge in [-0.05, 0) is 62.1 Å². The number of benzene rings is 1. The standard InChI is InChI=1S/C24H31NO4/c1-26-19-6-5-16-13-18-17-7-8-24(27-11-12-28-24)22-23(17,20(16)21(19)29-22)9-10-25(18)14-15-3-2-4-15/h5-6,15,17-18,22H,2-4,7-14H2,1H3/t17-,18?,22+,23-/m1/s1. The van der Waals surface area contributed by atoms with E-state index in [0.717, 1.165) is 36.7 Å². The van der Waals surface area contributed by atoms with Crippen molar-refractivity contribution in [2.24, 2.45) is 11.8 Å². The lowest BCUT2D eigenvalue weighted by Gasteiger charge is -2.61. The number of fused-ring (bicyclic) bond motifs is 1. The van der Waals surface area contributed by atoms with Crippen LogP contribution in [0.25, 0.3) is 0 Å². The number of methoxy groups -OCH3 is 1. The van der Waals surface area contributed by atoms with Crippen molar-refractivity contribution in [1.82, 2.24) is 4.90 Å². The van der Waals surface area contributed by atoms with Crippen molar-refractivity contribution in [3.8, 4) is 11.5 Å². The van der Waals surface area contributed by atoms with Crippen LogP contribution in [0.1, 0.15) is 49.7 Å². The van der Waals surface area contributed by atoms with E-state index < -0.39 is 5.79 Å². The van der Waals surface area contributed by atoms with Crippen LogP contribution in [-0.2, 0) is 21.3 Å². The Kier molecular flexibility index (Phi) is 3.53. The normalized spacial score (nSPS) is 39.1. The lowest BCUT2D eigenvalue weighted by molar-refractivity contribution is -0.261. The molecule has 0 amide bonds. The van der Waals surface area contributed by atoms with E-state index in [-0.39, 0.29) is 11.5 Å². The second-order valence-corrected chi connectivity index (χ2v) is 10.1. The van der Waals surface area contributed by atoms with E-state index >= 15 is 0 Å². The van der Waals surface area contributed by atoms with E-state index in [1.165, 1.54) is 49.9 Å². The second-order valence-electron chi connectivity index (χ2n) is 10.1. The summed E-state index contributed by atoms with van der Waals surface area (Å²) in [7, 11) is 1.75. The number of nitrogens with zero attached hydrogens (tertiary/aromatic N) is 1. The fourth-order valence-electron chi connectivity index (χ4n) is 7.75. The van der Waals surface area contributed by atoms with Crippen molar-refractivity contribution < 1.29 is 18.9 Å². The topological polar surface area (TPSA) is 40.2 Å². The van der Waals surface area contributed by atoms with Crippen LogP contribution in [0.3, 0.4) is 0 Å². The molecule has 3 heterocycles. The average molecular weight is 398 g/mol. The minimum absolute atomic E-state index is 0.0147. The van der Waals surface area contributed by atoms with Gasteiger partial charge in [0.2, 0.25) is 5.79 Å². The summed E-state index contributed by atoms with van der Waals surface area (Å²) in [6.07, 6.45) is 8.64. The molecule has 5 nitrogen and oxygen atoms in total. The van der Waals surface area contributed by atoms with Crippen molar-refractivity contribution in [3.05, 3.63) is 23.3 Å². The van der Waals surface area contributed by atoms with E-state index in [2.05, 4.69) is 17.0 Å². The summed E-state index contributed by atoms with van der Waals surface area (Å²) in [5.41, 5.74) is 2.92. The number of likely N-dealkylation sites (tertiary alicyclic amines) is 1. The predicted octanol–water partition coefficient (Wildman–Crippen LogP) is 3.28. The highest BCUT2D eigenvalue weighted by molar-refractivity contribution is 5.61. The first-order valence-corrected chi connectivity index (χ1v) is 11.6. The minimum Gasteiger partial charge on any atom is -0.493 e. The monoisotopic (exact) mass is 397 g/mol. The van der Waals surface area contributed by atoms with Gasteiger partial charge in [-0.1, -0.05) is 12.5 Å². The Labute approximate surface area is 172 Å². The third kappa shape index (κ3) is 2.07. The maximum absolute atomic E-state index is 6.79. The first-order chi connectivity index (χ1) is 14.2. The zero-order chi connectivity index (χ0) is 19.2. The van der Waals surface area contributed by atoms with Crippen LogP contribution in [0.15, 0.2) is 12.1 Å². The highest BCUT2D eigenvalue weighted by atomic mass is 16.8. The third-order valence-corrected chi connectivity index (χ3v) is 9.13. The fourth-order valence-corrected chi connectivity index (χ4v) is 7.75. The Morgan fingerprint density at radius 1 is 1.14 bits per heavy atom. The highest BCUT2D eigenvalue weighted by Gasteiger charge is 2.71. The summed E-state index contributed by atoms with van der Waals surface area (Å²) in [5.74, 6) is 2.82. The molecule has 2 bridgehead atoms. The molecule has 2 saturated carbocycles. The first kappa shape index (κ1) is 17.4. The predicted molar refractivity (Wildman–Crippen MR) is 107 cm³/mol. The van der Waals surface area contributed by atoms with Crippen molar-refractivity contribution in [2.45, 2.75) is 68.3 Å². The zero-order valence-electron chi connectivity index (χ0n) is 17.3. The van der Waals surface area contributed by atoms with Crippen LogP contribution in [0.5, 0.6) is 11.5 Å². The number of hydrogen-bond acceptors (Lipinski definition) is 5. The van der Waals surface area contributed by atoms with Gasteiger partial charge in [0, 0.05) is 30.0 Å². The molecule has 3 aliphatic heterocycles. The van der Waals surface area contributed by atoms with Crippen LogP contribution in [0.2, 0.25) is 0 Å². The number of piperidine rings is 1. The van der Waals surface area contributed by atoms with Gasteiger partial charge >= 0.3 is 0 Å². The molecule has 4 fully saturated rings. The van der Waals surface area contributed by atoms with E-state index in [9.17, 15) is 0 Å². The summed E-state index contributed by atoms with van der Waals surface area (Å²) < 4.78 is 25.2. The van der Waals surface area contributed by atoms with Gasteiger partial charge in [0.15, 0.2) is 17.6 Å². The van der Waals surface area contributed by atoms with E-state index in [0.29, 0.717) is 25.2 Å². The molecular formula is C24H31NO4. The van der Waals surface area contributed by atoms with E-state index in [4.69, 9.17) is 18.9 Å². The molecule has 0 radical (unpaired) electrons. The molecule has 6 aliphatic rings. The molecule has 1 aromatic carbocycles. The summed E-state index contributed by atoms with van der Waals surface area (Å²) in [6.45, 7) is 3.82. The summed E-state index contributed by atoms with van der Waals surface area (Å²) >= 11 is 0. The number of hydrogen-bond donors (Lipinski definition) is 0. The molecule has 156 valence electrons. The second kappa shape index (κ2) is 5.89. The maximum atomic E-state index is 6.79. The Hall–Kier alpha value is -1.30. The van der Waals surface area contributed by atoms with Crippen molar-refractivity contribution in [2.75, 3.05) is 33.4 Å². The third-order valence-electron chi connectivity index (χ3n) is 9.13. The lowest BCUT2D eigenvalue weighted by atomic mass is 9.50. The minimum atomic E-state index is -0.574. The Balaban J connectivity index is 1.37. The maximum Gasteiger partial charge on any atom is 0.206 e.